The Balaban J connectivity index is 0.00000196. The highest BCUT2D eigenvalue weighted by molar-refractivity contribution is 6.07. The summed E-state index contributed by atoms with van der Waals surface area (Å²) in [5.74, 6) is -0.110. The van der Waals surface area contributed by atoms with Crippen LogP contribution in [0.3, 0.4) is 0 Å². The molecule has 1 saturated heterocycles. The van der Waals surface area contributed by atoms with Crippen molar-refractivity contribution in [3.63, 3.8) is 0 Å². The standard InChI is InChI=1S/C19H20N4O2.ClH/c1-11-3-5-13(6-4-11)16-9-15(17-12(2)23-25-19(17)22-16)18(24)21-14-7-8-20-10-14;/h3-6,9,14,20H,7-8,10H2,1-2H3,(H,21,24);1H. The van der Waals surface area contributed by atoms with E-state index in [0.29, 0.717) is 28.1 Å². The van der Waals surface area contributed by atoms with Crippen molar-refractivity contribution in [1.82, 2.24) is 20.8 Å². The van der Waals surface area contributed by atoms with Gasteiger partial charge in [0.2, 0.25) is 0 Å². The fraction of sp³-hybridized carbons (Fsp3) is 0.316. The van der Waals surface area contributed by atoms with Crippen LogP contribution >= 0.6 is 12.4 Å². The molecular formula is C19H21ClN4O2. The molecule has 3 aromatic rings. The van der Waals surface area contributed by atoms with E-state index in [1.807, 2.05) is 44.2 Å². The second-order valence-corrected chi connectivity index (χ2v) is 6.53. The Morgan fingerprint density at radius 1 is 1.27 bits per heavy atom. The molecule has 1 aromatic carbocycles. The highest BCUT2D eigenvalue weighted by Crippen LogP contribution is 2.27. The van der Waals surface area contributed by atoms with E-state index in [1.165, 1.54) is 5.56 Å². The normalized spacial score (nSPS) is 16.5. The van der Waals surface area contributed by atoms with E-state index >= 15 is 0 Å². The summed E-state index contributed by atoms with van der Waals surface area (Å²) >= 11 is 0. The molecule has 6 nitrogen and oxygen atoms in total. The van der Waals surface area contributed by atoms with E-state index in [4.69, 9.17) is 4.52 Å². The first-order valence-electron chi connectivity index (χ1n) is 8.47. The number of hydrogen-bond acceptors (Lipinski definition) is 5. The Morgan fingerprint density at radius 3 is 2.73 bits per heavy atom. The summed E-state index contributed by atoms with van der Waals surface area (Å²) in [6.45, 7) is 5.59. The number of aromatic nitrogens is 2. The summed E-state index contributed by atoms with van der Waals surface area (Å²) < 4.78 is 5.34. The Hall–Kier alpha value is -2.44. The summed E-state index contributed by atoms with van der Waals surface area (Å²) in [7, 11) is 0. The van der Waals surface area contributed by atoms with Gasteiger partial charge >= 0.3 is 0 Å². The summed E-state index contributed by atoms with van der Waals surface area (Å²) in [4.78, 5) is 17.4. The van der Waals surface area contributed by atoms with E-state index in [9.17, 15) is 4.79 Å². The third kappa shape index (κ3) is 3.43. The van der Waals surface area contributed by atoms with Crippen LogP contribution < -0.4 is 10.6 Å². The number of rotatable bonds is 3. The number of pyridine rings is 1. The van der Waals surface area contributed by atoms with E-state index in [1.54, 1.807) is 0 Å². The predicted molar refractivity (Wildman–Crippen MR) is 103 cm³/mol. The van der Waals surface area contributed by atoms with E-state index in [-0.39, 0.29) is 24.4 Å². The molecule has 1 amide bonds. The van der Waals surface area contributed by atoms with Crippen LogP contribution in [0.15, 0.2) is 34.9 Å². The van der Waals surface area contributed by atoms with Crippen LogP contribution in [-0.2, 0) is 0 Å². The van der Waals surface area contributed by atoms with Gasteiger partial charge in [0.1, 0.15) is 0 Å². The molecule has 136 valence electrons. The van der Waals surface area contributed by atoms with Gasteiger partial charge < -0.3 is 15.2 Å². The van der Waals surface area contributed by atoms with Gasteiger partial charge in [-0.2, -0.15) is 0 Å². The molecule has 1 unspecified atom stereocenters. The van der Waals surface area contributed by atoms with Crippen molar-refractivity contribution in [2.24, 2.45) is 0 Å². The van der Waals surface area contributed by atoms with Gasteiger partial charge in [-0.1, -0.05) is 35.0 Å². The Bertz CT molecular complexity index is 931. The van der Waals surface area contributed by atoms with Crippen molar-refractivity contribution in [3.05, 3.63) is 47.2 Å². The van der Waals surface area contributed by atoms with Gasteiger partial charge in [-0.25, -0.2) is 4.98 Å². The van der Waals surface area contributed by atoms with Crippen LogP contribution in [0.5, 0.6) is 0 Å². The fourth-order valence-electron chi connectivity index (χ4n) is 3.19. The maximum Gasteiger partial charge on any atom is 0.259 e. The molecule has 26 heavy (non-hydrogen) atoms. The number of nitrogens with zero attached hydrogens (tertiary/aromatic N) is 2. The second-order valence-electron chi connectivity index (χ2n) is 6.53. The van der Waals surface area contributed by atoms with Gasteiger partial charge in [-0.15, -0.1) is 12.4 Å². The topological polar surface area (TPSA) is 80.0 Å². The number of amides is 1. The molecule has 1 fully saturated rings. The predicted octanol–water partition coefficient (Wildman–Crippen LogP) is 3.02. The lowest BCUT2D eigenvalue weighted by molar-refractivity contribution is 0.0941. The molecule has 0 radical (unpaired) electrons. The van der Waals surface area contributed by atoms with Crippen LogP contribution in [-0.4, -0.2) is 35.2 Å². The van der Waals surface area contributed by atoms with Crippen molar-refractivity contribution in [1.29, 1.82) is 0 Å². The zero-order valence-electron chi connectivity index (χ0n) is 14.7. The Kier molecular flexibility index (Phi) is 5.25. The molecule has 2 aromatic heterocycles. The summed E-state index contributed by atoms with van der Waals surface area (Å²) in [5.41, 5.74) is 4.45. The number of carbonyl (C=O) groups is 1. The van der Waals surface area contributed by atoms with Gasteiger partial charge in [0.25, 0.3) is 11.6 Å². The number of fused-ring (bicyclic) bond motifs is 1. The van der Waals surface area contributed by atoms with E-state index in [0.717, 1.165) is 25.1 Å². The first-order valence-corrected chi connectivity index (χ1v) is 8.47. The molecule has 0 bridgehead atoms. The van der Waals surface area contributed by atoms with Crippen LogP contribution in [0, 0.1) is 13.8 Å². The van der Waals surface area contributed by atoms with E-state index in [2.05, 4.69) is 20.8 Å². The minimum atomic E-state index is -0.110. The van der Waals surface area contributed by atoms with Gasteiger partial charge in [-0.3, -0.25) is 4.79 Å². The quantitative estimate of drug-likeness (QED) is 0.738. The molecule has 0 aliphatic carbocycles. The summed E-state index contributed by atoms with van der Waals surface area (Å²) in [6.07, 6.45) is 0.938. The number of hydrogen-bond donors (Lipinski definition) is 2. The zero-order chi connectivity index (χ0) is 17.4. The molecule has 0 saturated carbocycles. The number of aryl methyl sites for hydroxylation is 2. The van der Waals surface area contributed by atoms with Crippen molar-refractivity contribution >= 4 is 29.4 Å². The maximum absolute atomic E-state index is 12.9. The lowest BCUT2D eigenvalue weighted by atomic mass is 10.0. The first kappa shape index (κ1) is 18.4. The smallest absolute Gasteiger partial charge is 0.259 e. The van der Waals surface area contributed by atoms with Crippen molar-refractivity contribution < 1.29 is 9.32 Å². The molecule has 3 heterocycles. The summed E-state index contributed by atoms with van der Waals surface area (Å²) in [5, 5.41) is 11.0. The molecule has 7 heteroatoms. The highest BCUT2D eigenvalue weighted by atomic mass is 35.5. The lowest BCUT2D eigenvalue weighted by Gasteiger charge is -2.12. The van der Waals surface area contributed by atoms with Gasteiger partial charge in [0.05, 0.1) is 22.3 Å². The van der Waals surface area contributed by atoms with Crippen molar-refractivity contribution in [2.45, 2.75) is 26.3 Å². The number of nitrogens with one attached hydrogen (secondary N) is 2. The maximum atomic E-state index is 12.9. The molecule has 1 atom stereocenters. The number of carbonyl (C=O) groups excluding carboxylic acids is 1. The third-order valence-corrected chi connectivity index (χ3v) is 4.60. The largest absolute Gasteiger partial charge is 0.348 e. The third-order valence-electron chi connectivity index (χ3n) is 4.60. The zero-order valence-corrected chi connectivity index (χ0v) is 15.5. The van der Waals surface area contributed by atoms with E-state index < -0.39 is 0 Å². The van der Waals surface area contributed by atoms with Gasteiger partial charge in [0, 0.05) is 18.2 Å². The molecule has 1 aliphatic rings. The monoisotopic (exact) mass is 372 g/mol. The lowest BCUT2D eigenvalue weighted by Crippen LogP contribution is -2.36. The average Bonchev–Trinajstić information content (AvgIpc) is 3.25. The number of halogens is 1. The second kappa shape index (κ2) is 7.43. The molecule has 2 N–H and O–H groups in total. The summed E-state index contributed by atoms with van der Waals surface area (Å²) in [6, 6.07) is 10.0. The SMILES string of the molecule is Cc1ccc(-c2cc(C(=O)NC3CCNC3)c3c(C)noc3n2)cc1.Cl. The van der Waals surface area contributed by atoms with Crippen molar-refractivity contribution in [3.8, 4) is 11.3 Å². The minimum absolute atomic E-state index is 0. The Morgan fingerprint density at radius 2 is 2.04 bits per heavy atom. The van der Waals surface area contributed by atoms with Crippen LogP contribution in [0.25, 0.3) is 22.4 Å². The van der Waals surface area contributed by atoms with Gasteiger partial charge in [-0.05, 0) is 32.9 Å². The average molecular weight is 373 g/mol. The van der Waals surface area contributed by atoms with Gasteiger partial charge in [0.15, 0.2) is 0 Å². The first-order chi connectivity index (χ1) is 12.1. The van der Waals surface area contributed by atoms with Crippen LogP contribution in [0.2, 0.25) is 0 Å². The molecule has 1 aliphatic heterocycles. The van der Waals surface area contributed by atoms with Crippen LogP contribution in [0.4, 0.5) is 0 Å². The number of benzene rings is 1. The minimum Gasteiger partial charge on any atom is -0.348 e. The van der Waals surface area contributed by atoms with Crippen LogP contribution in [0.1, 0.15) is 28.0 Å². The highest BCUT2D eigenvalue weighted by Gasteiger charge is 2.22. The van der Waals surface area contributed by atoms with Crippen molar-refractivity contribution in [2.75, 3.05) is 13.1 Å². The Labute approximate surface area is 157 Å². The molecule has 0 spiro atoms. The molecule has 4 rings (SSSR count). The molecular weight excluding hydrogens is 352 g/mol. The fourth-order valence-corrected chi connectivity index (χ4v) is 3.19.